The van der Waals surface area contributed by atoms with E-state index in [1.54, 1.807) is 10.7 Å². The minimum Gasteiger partial charge on any atom is -0.356 e. The van der Waals surface area contributed by atoms with Gasteiger partial charge in [-0.05, 0) is 23.3 Å². The summed E-state index contributed by atoms with van der Waals surface area (Å²) in [6.07, 6.45) is 6.81. The number of hydrogen-bond acceptors (Lipinski definition) is 6. The quantitative estimate of drug-likeness (QED) is 0.541. The maximum absolute atomic E-state index is 10.7. The Labute approximate surface area is 148 Å². The number of aromatic nitrogens is 4. The maximum Gasteiger partial charge on any atom is 0.214 e. The number of carbonyl (C=O) groups excluding carboxylic acids is 1. The number of carbonyl (C=O) groups is 1. The normalized spacial score (nSPS) is 10.9. The zero-order valence-electron chi connectivity index (χ0n) is 13.3. The van der Waals surface area contributed by atoms with Crippen molar-refractivity contribution in [2.24, 2.45) is 0 Å². The molecule has 0 saturated heterocycles. The van der Waals surface area contributed by atoms with Gasteiger partial charge in [0.15, 0.2) is 0 Å². The zero-order chi connectivity index (χ0) is 17.1. The second-order valence-corrected chi connectivity index (χ2v) is 6.50. The van der Waals surface area contributed by atoms with Gasteiger partial charge in [0.1, 0.15) is 6.29 Å². The summed E-state index contributed by atoms with van der Waals surface area (Å²) in [4.78, 5) is 20.2. The van der Waals surface area contributed by atoms with Gasteiger partial charge in [0, 0.05) is 30.9 Å². The number of imidazole rings is 1. The third-order valence-corrected chi connectivity index (χ3v) is 4.63. The highest BCUT2D eigenvalue weighted by atomic mass is 32.1. The Morgan fingerprint density at radius 2 is 2.12 bits per heavy atom. The van der Waals surface area contributed by atoms with E-state index >= 15 is 0 Å². The number of nitrogens with one attached hydrogen (secondary N) is 1. The van der Waals surface area contributed by atoms with Crippen molar-refractivity contribution in [3.63, 3.8) is 0 Å². The number of rotatable bonds is 6. The summed E-state index contributed by atoms with van der Waals surface area (Å²) in [6, 6.07) is 11.8. The zero-order valence-corrected chi connectivity index (χ0v) is 14.1. The molecular weight excluding hydrogens is 334 g/mol. The van der Waals surface area contributed by atoms with E-state index in [1.807, 2.05) is 48.8 Å². The number of pyridine rings is 1. The van der Waals surface area contributed by atoms with Gasteiger partial charge in [0.25, 0.3) is 0 Å². The molecule has 7 heteroatoms. The second-order valence-electron chi connectivity index (χ2n) is 5.55. The van der Waals surface area contributed by atoms with E-state index in [9.17, 15) is 4.79 Å². The summed E-state index contributed by atoms with van der Waals surface area (Å²) in [5.74, 6) is 0. The molecule has 4 rings (SSSR count). The number of anilines is 1. The molecule has 1 aromatic carbocycles. The van der Waals surface area contributed by atoms with Crippen LogP contribution in [0.4, 0.5) is 5.13 Å². The van der Waals surface area contributed by atoms with Crippen LogP contribution in [0.5, 0.6) is 0 Å². The summed E-state index contributed by atoms with van der Waals surface area (Å²) in [7, 11) is 0. The molecule has 0 spiro atoms. The van der Waals surface area contributed by atoms with Crippen molar-refractivity contribution in [3.05, 3.63) is 66.1 Å². The molecular formula is C18H15N5OS. The number of benzene rings is 1. The predicted octanol–water partition coefficient (Wildman–Crippen LogP) is 3.21. The van der Waals surface area contributed by atoms with Gasteiger partial charge in [-0.25, -0.2) is 9.50 Å². The Morgan fingerprint density at radius 1 is 1.20 bits per heavy atom. The van der Waals surface area contributed by atoms with E-state index < -0.39 is 0 Å². The Bertz CT molecular complexity index is 977. The molecule has 124 valence electrons. The number of nitrogens with zero attached hydrogens (tertiary/aromatic N) is 4. The molecule has 0 radical (unpaired) electrons. The molecule has 0 bridgehead atoms. The Morgan fingerprint density at radius 3 is 2.92 bits per heavy atom. The minimum absolute atomic E-state index is 0.413. The monoisotopic (exact) mass is 349 g/mol. The van der Waals surface area contributed by atoms with Crippen molar-refractivity contribution in [1.82, 2.24) is 19.6 Å². The van der Waals surface area contributed by atoms with E-state index in [2.05, 4.69) is 20.4 Å². The van der Waals surface area contributed by atoms with Gasteiger partial charge in [-0.15, -0.1) is 5.10 Å². The van der Waals surface area contributed by atoms with Crippen molar-refractivity contribution >= 4 is 27.7 Å². The van der Waals surface area contributed by atoms with E-state index in [-0.39, 0.29) is 0 Å². The van der Waals surface area contributed by atoms with Crippen LogP contribution in [-0.4, -0.2) is 25.9 Å². The molecule has 0 aliphatic heterocycles. The number of fused-ring (bicyclic) bond motifs is 1. The summed E-state index contributed by atoms with van der Waals surface area (Å²) < 4.78 is 1.78. The van der Waals surface area contributed by atoms with E-state index in [4.69, 9.17) is 0 Å². The van der Waals surface area contributed by atoms with Crippen LogP contribution in [0.1, 0.15) is 11.1 Å². The van der Waals surface area contributed by atoms with Crippen molar-refractivity contribution in [2.75, 3.05) is 5.32 Å². The SMILES string of the molecule is O=CCc1cccc(-c2cn3nc(NCc4cccnc4)sc3n2)c1. The summed E-state index contributed by atoms with van der Waals surface area (Å²) in [5, 5.41) is 8.62. The van der Waals surface area contributed by atoms with Gasteiger partial charge in [0.05, 0.1) is 11.9 Å². The van der Waals surface area contributed by atoms with Gasteiger partial charge >= 0.3 is 0 Å². The number of hydrogen-bond donors (Lipinski definition) is 1. The first-order valence-corrected chi connectivity index (χ1v) is 8.65. The molecule has 1 N–H and O–H groups in total. The lowest BCUT2D eigenvalue weighted by Crippen LogP contribution is -1.99. The Hall–Kier alpha value is -3.06. The topological polar surface area (TPSA) is 72.2 Å². The van der Waals surface area contributed by atoms with E-state index in [1.165, 1.54) is 11.3 Å². The van der Waals surface area contributed by atoms with Gasteiger partial charge in [-0.2, -0.15) is 0 Å². The lowest BCUT2D eigenvalue weighted by molar-refractivity contribution is -0.107. The van der Waals surface area contributed by atoms with Gasteiger partial charge in [0.2, 0.25) is 10.1 Å². The van der Waals surface area contributed by atoms with Crippen LogP contribution in [0.25, 0.3) is 16.2 Å². The standard InChI is InChI=1S/C18H15N5OS/c24-8-6-13-3-1-5-15(9-13)16-12-23-18(21-16)25-17(22-23)20-11-14-4-2-7-19-10-14/h1-5,7-10,12H,6,11H2,(H,20,22). The first kappa shape index (κ1) is 15.5. The van der Waals surface area contributed by atoms with Crippen molar-refractivity contribution < 1.29 is 4.79 Å². The van der Waals surface area contributed by atoms with Crippen molar-refractivity contribution in [2.45, 2.75) is 13.0 Å². The van der Waals surface area contributed by atoms with Gasteiger partial charge in [-0.3, -0.25) is 4.98 Å². The lowest BCUT2D eigenvalue weighted by Gasteiger charge is -2.01. The lowest BCUT2D eigenvalue weighted by atomic mass is 10.1. The molecule has 0 unspecified atom stereocenters. The largest absolute Gasteiger partial charge is 0.356 e. The van der Waals surface area contributed by atoms with Crippen LogP contribution >= 0.6 is 11.3 Å². The fourth-order valence-corrected chi connectivity index (χ4v) is 3.32. The molecule has 0 amide bonds. The highest BCUT2D eigenvalue weighted by Crippen LogP contribution is 2.25. The van der Waals surface area contributed by atoms with Crippen LogP contribution in [-0.2, 0) is 17.8 Å². The Balaban J connectivity index is 1.53. The average Bonchev–Trinajstić information content (AvgIpc) is 3.20. The summed E-state index contributed by atoms with van der Waals surface area (Å²) in [6.45, 7) is 0.672. The third-order valence-electron chi connectivity index (χ3n) is 3.75. The second kappa shape index (κ2) is 6.82. The minimum atomic E-state index is 0.413. The van der Waals surface area contributed by atoms with Crippen molar-refractivity contribution in [1.29, 1.82) is 0 Å². The van der Waals surface area contributed by atoms with E-state index in [0.29, 0.717) is 13.0 Å². The molecule has 6 nitrogen and oxygen atoms in total. The first-order chi connectivity index (χ1) is 12.3. The van der Waals surface area contributed by atoms with Crippen LogP contribution < -0.4 is 5.32 Å². The molecule has 4 aromatic rings. The van der Waals surface area contributed by atoms with Crippen LogP contribution in [0.3, 0.4) is 0 Å². The van der Waals surface area contributed by atoms with Crippen LogP contribution in [0.15, 0.2) is 55.0 Å². The van der Waals surface area contributed by atoms with Crippen LogP contribution in [0, 0.1) is 0 Å². The maximum atomic E-state index is 10.7. The summed E-state index contributed by atoms with van der Waals surface area (Å²) >= 11 is 1.50. The fraction of sp³-hybridized carbons (Fsp3) is 0.111. The summed E-state index contributed by atoms with van der Waals surface area (Å²) in [5.41, 5.74) is 3.92. The highest BCUT2D eigenvalue weighted by Gasteiger charge is 2.10. The van der Waals surface area contributed by atoms with Crippen LogP contribution in [0.2, 0.25) is 0 Å². The highest BCUT2D eigenvalue weighted by molar-refractivity contribution is 7.20. The van der Waals surface area contributed by atoms with Crippen molar-refractivity contribution in [3.8, 4) is 11.3 Å². The smallest absolute Gasteiger partial charge is 0.214 e. The number of aldehydes is 1. The van der Waals surface area contributed by atoms with E-state index in [0.717, 1.165) is 38.8 Å². The molecule has 25 heavy (non-hydrogen) atoms. The molecule has 0 saturated carbocycles. The first-order valence-electron chi connectivity index (χ1n) is 7.84. The molecule has 0 atom stereocenters. The van der Waals surface area contributed by atoms with Gasteiger partial charge in [-0.1, -0.05) is 35.6 Å². The molecule has 0 aliphatic rings. The molecule has 0 fully saturated rings. The average molecular weight is 349 g/mol. The molecule has 3 heterocycles. The molecule has 0 aliphatic carbocycles. The fourth-order valence-electron chi connectivity index (χ4n) is 2.54. The third kappa shape index (κ3) is 3.41. The van der Waals surface area contributed by atoms with Gasteiger partial charge < -0.3 is 10.1 Å². The Kier molecular flexibility index (Phi) is 4.22. The molecule has 3 aromatic heterocycles. The predicted molar refractivity (Wildman–Crippen MR) is 97.6 cm³/mol.